The summed E-state index contributed by atoms with van der Waals surface area (Å²) in [4.78, 5) is 0.208. The van der Waals surface area contributed by atoms with Crippen LogP contribution < -0.4 is 4.72 Å². The van der Waals surface area contributed by atoms with E-state index in [1.54, 1.807) is 18.7 Å². The van der Waals surface area contributed by atoms with E-state index in [9.17, 15) is 8.42 Å². The number of hydrogen-bond donors (Lipinski definition) is 1. The average molecular weight is 298 g/mol. The SMILES string of the molecule is CSCCC(C)NS(=O)(=O)c1ccc(C#N)c(C)c1. The van der Waals surface area contributed by atoms with Gasteiger partial charge < -0.3 is 0 Å². The molecule has 0 aliphatic rings. The second kappa shape index (κ2) is 6.94. The van der Waals surface area contributed by atoms with Crippen LogP contribution in [-0.4, -0.2) is 26.5 Å². The number of nitriles is 1. The number of thioether (sulfide) groups is 1. The fourth-order valence-corrected chi connectivity index (χ4v) is 3.57. The molecular formula is C13H18N2O2S2. The van der Waals surface area contributed by atoms with Crippen molar-refractivity contribution in [1.29, 1.82) is 5.26 Å². The molecule has 1 N–H and O–H groups in total. The maximum absolute atomic E-state index is 12.2. The molecule has 1 aromatic carbocycles. The van der Waals surface area contributed by atoms with Crippen LogP contribution in [0, 0.1) is 18.3 Å². The molecule has 104 valence electrons. The summed E-state index contributed by atoms with van der Waals surface area (Å²) in [6.45, 7) is 3.58. The van der Waals surface area contributed by atoms with Gasteiger partial charge in [0.05, 0.1) is 16.5 Å². The lowest BCUT2D eigenvalue weighted by atomic mass is 10.1. The van der Waals surface area contributed by atoms with Crippen molar-refractivity contribution in [2.75, 3.05) is 12.0 Å². The molecule has 4 nitrogen and oxygen atoms in total. The van der Waals surface area contributed by atoms with Crippen LogP contribution in [0.15, 0.2) is 23.1 Å². The van der Waals surface area contributed by atoms with Gasteiger partial charge in [-0.3, -0.25) is 0 Å². The Morgan fingerprint density at radius 3 is 2.68 bits per heavy atom. The maximum Gasteiger partial charge on any atom is 0.240 e. The maximum atomic E-state index is 12.2. The Morgan fingerprint density at radius 2 is 2.16 bits per heavy atom. The van der Waals surface area contributed by atoms with Gasteiger partial charge in [-0.05, 0) is 56.0 Å². The Morgan fingerprint density at radius 1 is 1.47 bits per heavy atom. The summed E-state index contributed by atoms with van der Waals surface area (Å²) < 4.78 is 27.0. The highest BCUT2D eigenvalue weighted by atomic mass is 32.2. The minimum Gasteiger partial charge on any atom is -0.208 e. The van der Waals surface area contributed by atoms with E-state index in [-0.39, 0.29) is 10.9 Å². The second-order valence-corrected chi connectivity index (χ2v) is 7.09. The molecule has 1 aromatic rings. The van der Waals surface area contributed by atoms with E-state index in [1.165, 1.54) is 18.2 Å². The van der Waals surface area contributed by atoms with Crippen molar-refractivity contribution in [2.45, 2.75) is 31.2 Å². The van der Waals surface area contributed by atoms with Gasteiger partial charge in [-0.2, -0.15) is 17.0 Å². The van der Waals surface area contributed by atoms with Gasteiger partial charge in [0.25, 0.3) is 0 Å². The fraction of sp³-hybridized carbons (Fsp3) is 0.462. The van der Waals surface area contributed by atoms with Crippen LogP contribution in [0.25, 0.3) is 0 Å². The summed E-state index contributed by atoms with van der Waals surface area (Å²) in [5.74, 6) is 0.913. The molecule has 0 saturated heterocycles. The van der Waals surface area contributed by atoms with Crippen LogP contribution >= 0.6 is 11.8 Å². The van der Waals surface area contributed by atoms with Crippen molar-refractivity contribution < 1.29 is 8.42 Å². The molecule has 0 aliphatic heterocycles. The summed E-state index contributed by atoms with van der Waals surface area (Å²) >= 11 is 1.69. The molecule has 1 unspecified atom stereocenters. The van der Waals surface area contributed by atoms with Gasteiger partial charge in [-0.15, -0.1) is 0 Å². The van der Waals surface area contributed by atoms with Crippen LogP contribution in [0.4, 0.5) is 0 Å². The topological polar surface area (TPSA) is 70.0 Å². The third-order valence-corrected chi connectivity index (χ3v) is 4.97. The van der Waals surface area contributed by atoms with Gasteiger partial charge in [-0.25, -0.2) is 13.1 Å². The van der Waals surface area contributed by atoms with E-state index >= 15 is 0 Å². The fourth-order valence-electron chi connectivity index (χ4n) is 1.62. The van der Waals surface area contributed by atoms with Crippen molar-refractivity contribution in [1.82, 2.24) is 4.72 Å². The zero-order valence-corrected chi connectivity index (χ0v) is 12.9. The van der Waals surface area contributed by atoms with Crippen LogP contribution in [0.5, 0.6) is 0 Å². The monoisotopic (exact) mass is 298 g/mol. The number of benzene rings is 1. The molecule has 0 spiro atoms. The highest BCUT2D eigenvalue weighted by Crippen LogP contribution is 2.15. The molecule has 0 aliphatic carbocycles. The Kier molecular flexibility index (Phi) is 5.85. The Balaban J connectivity index is 2.89. The standard InChI is InChI=1S/C13H18N2O2S2/c1-10-8-13(5-4-12(10)9-14)19(16,17)15-11(2)6-7-18-3/h4-5,8,11,15H,6-7H2,1-3H3. The van der Waals surface area contributed by atoms with Crippen LogP contribution in [0.1, 0.15) is 24.5 Å². The Hall–Kier alpha value is -1.03. The summed E-state index contributed by atoms with van der Waals surface area (Å²) in [7, 11) is -3.51. The summed E-state index contributed by atoms with van der Waals surface area (Å²) in [5, 5.41) is 8.84. The van der Waals surface area contributed by atoms with Crippen LogP contribution in [0.2, 0.25) is 0 Å². The molecule has 19 heavy (non-hydrogen) atoms. The van der Waals surface area contributed by atoms with E-state index in [0.29, 0.717) is 11.1 Å². The summed E-state index contributed by atoms with van der Waals surface area (Å²) in [6, 6.07) is 6.46. The van der Waals surface area contributed by atoms with Gasteiger partial charge in [0, 0.05) is 6.04 Å². The van der Waals surface area contributed by atoms with Gasteiger partial charge in [-0.1, -0.05) is 0 Å². The first-order valence-corrected chi connectivity index (χ1v) is 8.80. The van der Waals surface area contributed by atoms with E-state index in [4.69, 9.17) is 5.26 Å². The van der Waals surface area contributed by atoms with Crippen LogP contribution in [-0.2, 0) is 10.0 Å². The van der Waals surface area contributed by atoms with E-state index in [1.807, 2.05) is 19.2 Å². The smallest absolute Gasteiger partial charge is 0.208 e. The molecule has 0 saturated carbocycles. The zero-order valence-electron chi connectivity index (χ0n) is 11.3. The van der Waals surface area contributed by atoms with Crippen molar-refractivity contribution >= 4 is 21.8 Å². The van der Waals surface area contributed by atoms with Crippen molar-refractivity contribution in [2.24, 2.45) is 0 Å². The van der Waals surface area contributed by atoms with Gasteiger partial charge in [0.15, 0.2) is 0 Å². The lowest BCUT2D eigenvalue weighted by Gasteiger charge is -2.14. The number of aryl methyl sites for hydroxylation is 1. The molecule has 0 amide bonds. The van der Waals surface area contributed by atoms with Gasteiger partial charge in [0.2, 0.25) is 10.0 Å². The number of hydrogen-bond acceptors (Lipinski definition) is 4. The first kappa shape index (κ1) is 16.0. The van der Waals surface area contributed by atoms with E-state index in [0.717, 1.165) is 12.2 Å². The number of nitrogens with zero attached hydrogens (tertiary/aromatic N) is 1. The number of nitrogens with one attached hydrogen (secondary N) is 1. The first-order chi connectivity index (χ1) is 8.90. The van der Waals surface area contributed by atoms with Gasteiger partial charge in [0.1, 0.15) is 0 Å². The molecule has 1 rings (SSSR count). The van der Waals surface area contributed by atoms with Crippen molar-refractivity contribution in [3.8, 4) is 6.07 Å². The first-order valence-electron chi connectivity index (χ1n) is 5.92. The lowest BCUT2D eigenvalue weighted by Crippen LogP contribution is -2.33. The predicted molar refractivity (Wildman–Crippen MR) is 78.7 cm³/mol. The largest absolute Gasteiger partial charge is 0.240 e. The molecule has 0 radical (unpaired) electrons. The molecule has 0 bridgehead atoms. The summed E-state index contributed by atoms with van der Waals surface area (Å²) in [5.41, 5.74) is 1.16. The lowest BCUT2D eigenvalue weighted by molar-refractivity contribution is 0.557. The minimum absolute atomic E-state index is 0.103. The second-order valence-electron chi connectivity index (χ2n) is 4.39. The quantitative estimate of drug-likeness (QED) is 0.874. The third kappa shape index (κ3) is 4.53. The average Bonchev–Trinajstić information content (AvgIpc) is 2.35. The van der Waals surface area contributed by atoms with E-state index < -0.39 is 10.0 Å². The van der Waals surface area contributed by atoms with Crippen molar-refractivity contribution in [3.05, 3.63) is 29.3 Å². The predicted octanol–water partition coefficient (Wildman–Crippen LogP) is 2.29. The molecule has 6 heteroatoms. The van der Waals surface area contributed by atoms with E-state index in [2.05, 4.69) is 4.72 Å². The highest BCUT2D eigenvalue weighted by molar-refractivity contribution is 7.98. The highest BCUT2D eigenvalue weighted by Gasteiger charge is 2.17. The third-order valence-electron chi connectivity index (χ3n) is 2.74. The molecule has 0 aromatic heterocycles. The summed E-state index contributed by atoms with van der Waals surface area (Å²) in [6.07, 6.45) is 2.78. The molecule has 0 fully saturated rings. The Labute approximate surface area is 119 Å². The number of sulfonamides is 1. The normalized spacial score (nSPS) is 12.9. The van der Waals surface area contributed by atoms with Crippen LogP contribution in [0.3, 0.4) is 0 Å². The number of rotatable bonds is 6. The Bertz CT molecular complexity index is 577. The van der Waals surface area contributed by atoms with Gasteiger partial charge >= 0.3 is 0 Å². The zero-order chi connectivity index (χ0) is 14.5. The molecule has 1 atom stereocenters. The minimum atomic E-state index is -3.51. The molecule has 0 heterocycles. The van der Waals surface area contributed by atoms with Crippen molar-refractivity contribution in [3.63, 3.8) is 0 Å². The molecular weight excluding hydrogens is 280 g/mol.